The van der Waals surface area contributed by atoms with E-state index in [1.165, 1.54) is 7.11 Å². The standard InChI is InChI=1S/C12H21NO4/c1-13(7-3-6-11(14)16-2)12(15)10-5-4-8-17-9-10/h10H,3-9H2,1-2H3. The molecule has 5 heteroatoms. The Balaban J connectivity index is 2.23. The lowest BCUT2D eigenvalue weighted by Gasteiger charge is -2.26. The number of carbonyl (C=O) groups excluding carboxylic acids is 2. The second-order valence-electron chi connectivity index (χ2n) is 4.35. The third kappa shape index (κ3) is 4.73. The van der Waals surface area contributed by atoms with Crippen LogP contribution in [0.3, 0.4) is 0 Å². The maximum absolute atomic E-state index is 12.0. The fraction of sp³-hybridized carbons (Fsp3) is 0.833. The minimum Gasteiger partial charge on any atom is -0.469 e. The number of hydrogen-bond acceptors (Lipinski definition) is 4. The van der Waals surface area contributed by atoms with Crippen LogP contribution in [0.4, 0.5) is 0 Å². The Morgan fingerprint density at radius 3 is 2.82 bits per heavy atom. The molecule has 1 atom stereocenters. The number of hydrogen-bond donors (Lipinski definition) is 0. The van der Waals surface area contributed by atoms with Gasteiger partial charge in [-0.2, -0.15) is 0 Å². The van der Waals surface area contributed by atoms with E-state index in [4.69, 9.17) is 4.74 Å². The topological polar surface area (TPSA) is 55.8 Å². The molecule has 0 aromatic heterocycles. The number of methoxy groups -OCH3 is 1. The highest BCUT2D eigenvalue weighted by molar-refractivity contribution is 5.78. The number of esters is 1. The fourth-order valence-corrected chi connectivity index (χ4v) is 1.92. The number of nitrogens with zero attached hydrogens (tertiary/aromatic N) is 1. The van der Waals surface area contributed by atoms with Crippen molar-refractivity contribution in [2.45, 2.75) is 25.7 Å². The molecular weight excluding hydrogens is 222 g/mol. The first-order chi connectivity index (χ1) is 8.15. The highest BCUT2D eigenvalue weighted by atomic mass is 16.5. The average Bonchev–Trinajstić information content (AvgIpc) is 2.38. The summed E-state index contributed by atoms with van der Waals surface area (Å²) in [5.41, 5.74) is 0. The Labute approximate surface area is 102 Å². The smallest absolute Gasteiger partial charge is 0.305 e. The zero-order chi connectivity index (χ0) is 12.7. The first-order valence-corrected chi connectivity index (χ1v) is 6.04. The van der Waals surface area contributed by atoms with Gasteiger partial charge in [-0.15, -0.1) is 0 Å². The molecule has 0 bridgehead atoms. The molecule has 1 unspecified atom stereocenters. The van der Waals surface area contributed by atoms with E-state index in [-0.39, 0.29) is 17.8 Å². The van der Waals surface area contributed by atoms with Gasteiger partial charge >= 0.3 is 5.97 Å². The summed E-state index contributed by atoms with van der Waals surface area (Å²) in [6, 6.07) is 0. The number of ether oxygens (including phenoxy) is 2. The minimum atomic E-state index is -0.230. The van der Waals surface area contributed by atoms with E-state index in [0.717, 1.165) is 19.4 Å². The monoisotopic (exact) mass is 243 g/mol. The van der Waals surface area contributed by atoms with E-state index < -0.39 is 0 Å². The van der Waals surface area contributed by atoms with E-state index in [9.17, 15) is 9.59 Å². The van der Waals surface area contributed by atoms with Crippen molar-refractivity contribution in [1.29, 1.82) is 0 Å². The number of rotatable bonds is 5. The molecule has 0 aliphatic carbocycles. The van der Waals surface area contributed by atoms with Crippen LogP contribution in [0.5, 0.6) is 0 Å². The van der Waals surface area contributed by atoms with Gasteiger partial charge in [0, 0.05) is 26.6 Å². The Morgan fingerprint density at radius 1 is 1.47 bits per heavy atom. The SMILES string of the molecule is COC(=O)CCCN(C)C(=O)C1CCCOC1. The van der Waals surface area contributed by atoms with Gasteiger partial charge in [-0.25, -0.2) is 0 Å². The molecule has 0 aromatic rings. The lowest BCUT2D eigenvalue weighted by Crippen LogP contribution is -2.37. The molecule has 0 aromatic carbocycles. The van der Waals surface area contributed by atoms with Crippen molar-refractivity contribution in [2.24, 2.45) is 5.92 Å². The van der Waals surface area contributed by atoms with Crippen LogP contribution >= 0.6 is 0 Å². The maximum atomic E-state index is 12.0. The largest absolute Gasteiger partial charge is 0.469 e. The van der Waals surface area contributed by atoms with Gasteiger partial charge in [0.15, 0.2) is 0 Å². The van der Waals surface area contributed by atoms with Crippen LogP contribution in [0.15, 0.2) is 0 Å². The predicted octanol–water partition coefficient (Wildman–Crippen LogP) is 0.825. The van der Waals surface area contributed by atoms with Crippen molar-refractivity contribution in [3.05, 3.63) is 0 Å². The van der Waals surface area contributed by atoms with E-state index in [1.54, 1.807) is 11.9 Å². The van der Waals surface area contributed by atoms with Gasteiger partial charge < -0.3 is 14.4 Å². The van der Waals surface area contributed by atoms with Crippen LogP contribution in [0, 0.1) is 5.92 Å². The van der Waals surface area contributed by atoms with Gasteiger partial charge in [-0.3, -0.25) is 9.59 Å². The van der Waals surface area contributed by atoms with Crippen LogP contribution in [-0.4, -0.2) is 50.7 Å². The molecule has 17 heavy (non-hydrogen) atoms. The molecule has 1 saturated heterocycles. The lowest BCUT2D eigenvalue weighted by molar-refractivity contribution is -0.142. The molecule has 5 nitrogen and oxygen atoms in total. The van der Waals surface area contributed by atoms with E-state index >= 15 is 0 Å². The summed E-state index contributed by atoms with van der Waals surface area (Å²) in [6.45, 7) is 1.88. The van der Waals surface area contributed by atoms with Crippen molar-refractivity contribution in [3.8, 4) is 0 Å². The Morgan fingerprint density at radius 2 is 2.24 bits per heavy atom. The van der Waals surface area contributed by atoms with Gasteiger partial charge in [0.2, 0.25) is 5.91 Å². The second-order valence-corrected chi connectivity index (χ2v) is 4.35. The normalized spacial score (nSPS) is 19.8. The van der Waals surface area contributed by atoms with Crippen molar-refractivity contribution in [2.75, 3.05) is 33.9 Å². The van der Waals surface area contributed by atoms with E-state index in [0.29, 0.717) is 26.0 Å². The number of amides is 1. The molecule has 1 heterocycles. The second kappa shape index (κ2) is 7.27. The molecule has 1 aliphatic heterocycles. The zero-order valence-corrected chi connectivity index (χ0v) is 10.6. The molecular formula is C12H21NO4. The van der Waals surface area contributed by atoms with Crippen molar-refractivity contribution in [3.63, 3.8) is 0 Å². The first kappa shape index (κ1) is 14.0. The average molecular weight is 243 g/mol. The van der Waals surface area contributed by atoms with Gasteiger partial charge in [0.25, 0.3) is 0 Å². The molecule has 0 spiro atoms. The third-order valence-electron chi connectivity index (χ3n) is 2.99. The molecule has 0 saturated carbocycles. The molecule has 1 amide bonds. The molecule has 0 N–H and O–H groups in total. The Hall–Kier alpha value is -1.10. The van der Waals surface area contributed by atoms with Gasteiger partial charge in [-0.05, 0) is 19.3 Å². The van der Waals surface area contributed by atoms with Crippen molar-refractivity contribution < 1.29 is 19.1 Å². The zero-order valence-electron chi connectivity index (χ0n) is 10.6. The van der Waals surface area contributed by atoms with Gasteiger partial charge in [-0.1, -0.05) is 0 Å². The molecule has 1 rings (SSSR count). The first-order valence-electron chi connectivity index (χ1n) is 6.04. The van der Waals surface area contributed by atoms with Crippen LogP contribution < -0.4 is 0 Å². The highest BCUT2D eigenvalue weighted by Gasteiger charge is 2.24. The summed E-state index contributed by atoms with van der Waals surface area (Å²) >= 11 is 0. The summed E-state index contributed by atoms with van der Waals surface area (Å²) in [5, 5.41) is 0. The maximum Gasteiger partial charge on any atom is 0.305 e. The summed E-state index contributed by atoms with van der Waals surface area (Å²) in [6.07, 6.45) is 2.85. The molecule has 1 aliphatic rings. The molecule has 98 valence electrons. The van der Waals surface area contributed by atoms with Crippen molar-refractivity contribution >= 4 is 11.9 Å². The molecule has 1 fully saturated rings. The summed E-state index contributed by atoms with van der Waals surface area (Å²) in [5.74, 6) is -0.117. The summed E-state index contributed by atoms with van der Waals surface area (Å²) < 4.78 is 9.84. The van der Waals surface area contributed by atoms with Gasteiger partial charge in [0.05, 0.1) is 19.6 Å². The third-order valence-corrected chi connectivity index (χ3v) is 2.99. The lowest BCUT2D eigenvalue weighted by atomic mass is 10.0. The summed E-state index contributed by atoms with van der Waals surface area (Å²) in [4.78, 5) is 24.6. The number of carbonyl (C=O) groups is 2. The van der Waals surface area contributed by atoms with Crippen LogP contribution in [0.2, 0.25) is 0 Å². The van der Waals surface area contributed by atoms with E-state index in [1.807, 2.05) is 0 Å². The quantitative estimate of drug-likeness (QED) is 0.671. The predicted molar refractivity (Wildman–Crippen MR) is 62.4 cm³/mol. The summed E-state index contributed by atoms with van der Waals surface area (Å²) in [7, 11) is 3.14. The van der Waals surface area contributed by atoms with Crippen LogP contribution in [0.25, 0.3) is 0 Å². The van der Waals surface area contributed by atoms with Crippen LogP contribution in [0.1, 0.15) is 25.7 Å². The Kier molecular flexibility index (Phi) is 5.97. The fourth-order valence-electron chi connectivity index (χ4n) is 1.92. The Bertz CT molecular complexity index is 261. The van der Waals surface area contributed by atoms with Crippen LogP contribution in [-0.2, 0) is 19.1 Å². The van der Waals surface area contributed by atoms with Crippen molar-refractivity contribution in [1.82, 2.24) is 4.90 Å². The highest BCUT2D eigenvalue weighted by Crippen LogP contribution is 2.16. The minimum absolute atomic E-state index is 0.00752. The van der Waals surface area contributed by atoms with Gasteiger partial charge in [0.1, 0.15) is 0 Å². The van der Waals surface area contributed by atoms with E-state index in [2.05, 4.69) is 4.74 Å². The molecule has 0 radical (unpaired) electrons.